The van der Waals surface area contributed by atoms with E-state index in [-0.39, 0.29) is 10.7 Å². The molecule has 0 bridgehead atoms. The number of carbonyl (C=O) groups excluding carboxylic acids is 1. The predicted octanol–water partition coefficient (Wildman–Crippen LogP) is 4.29. The summed E-state index contributed by atoms with van der Waals surface area (Å²) in [4.78, 5) is 21.4. The van der Waals surface area contributed by atoms with Crippen LogP contribution in [0.2, 0.25) is 5.02 Å². The fourth-order valence-corrected chi connectivity index (χ4v) is 3.15. The fraction of sp³-hybridized carbons (Fsp3) is 0.0588. The van der Waals surface area contributed by atoms with Gasteiger partial charge in [0, 0.05) is 12.4 Å². The van der Waals surface area contributed by atoms with Gasteiger partial charge in [-0.3, -0.25) is 10.1 Å². The van der Waals surface area contributed by atoms with Crippen molar-refractivity contribution < 1.29 is 4.79 Å². The van der Waals surface area contributed by atoms with E-state index in [4.69, 9.17) is 16.9 Å². The lowest BCUT2D eigenvalue weighted by atomic mass is 10.1. The molecule has 0 saturated heterocycles. The van der Waals surface area contributed by atoms with E-state index in [0.29, 0.717) is 10.7 Å². The van der Waals surface area contributed by atoms with Crippen molar-refractivity contribution in [1.82, 2.24) is 9.97 Å². The highest BCUT2D eigenvalue weighted by Gasteiger charge is 2.15. The molecule has 0 aliphatic heterocycles. The Morgan fingerprint density at radius 1 is 1.29 bits per heavy atom. The van der Waals surface area contributed by atoms with Gasteiger partial charge < -0.3 is 0 Å². The van der Waals surface area contributed by atoms with Gasteiger partial charge in [-0.25, -0.2) is 9.97 Å². The number of pyridine rings is 1. The summed E-state index contributed by atoms with van der Waals surface area (Å²) < 4.78 is 0. The Morgan fingerprint density at radius 2 is 2.12 bits per heavy atom. The molecule has 24 heavy (non-hydrogen) atoms. The maximum absolute atomic E-state index is 12.3. The van der Waals surface area contributed by atoms with Crippen LogP contribution >= 0.6 is 22.9 Å². The molecular formula is C17H11ClN4OS. The van der Waals surface area contributed by atoms with E-state index >= 15 is 0 Å². The number of nitriles is 1. The number of aryl methyl sites for hydroxylation is 1. The van der Waals surface area contributed by atoms with Crippen molar-refractivity contribution in [3.8, 4) is 16.5 Å². The third-order valence-electron chi connectivity index (χ3n) is 3.21. The lowest BCUT2D eigenvalue weighted by molar-refractivity contribution is 0.102. The minimum atomic E-state index is -0.463. The van der Waals surface area contributed by atoms with Crippen molar-refractivity contribution in [2.75, 3.05) is 5.32 Å². The molecule has 1 N–H and O–H groups in total. The maximum atomic E-state index is 12.3. The first-order chi connectivity index (χ1) is 11.6. The Kier molecular flexibility index (Phi) is 4.56. The largest absolute Gasteiger partial charge is 0.296 e. The summed E-state index contributed by atoms with van der Waals surface area (Å²) in [6, 6.07) is 11.4. The summed E-state index contributed by atoms with van der Waals surface area (Å²) in [6.45, 7) is 2.02. The van der Waals surface area contributed by atoms with Crippen molar-refractivity contribution in [3.05, 3.63) is 64.6 Å². The number of carbonyl (C=O) groups is 1. The average molecular weight is 355 g/mol. The molecule has 5 nitrogen and oxygen atoms in total. The molecule has 0 radical (unpaired) electrons. The van der Waals surface area contributed by atoms with E-state index in [1.165, 1.54) is 23.6 Å². The molecule has 7 heteroatoms. The molecule has 118 valence electrons. The van der Waals surface area contributed by atoms with Gasteiger partial charge in [-0.1, -0.05) is 52.8 Å². The number of amides is 1. The van der Waals surface area contributed by atoms with Gasteiger partial charge in [0.2, 0.25) is 0 Å². The van der Waals surface area contributed by atoms with Gasteiger partial charge in [-0.05, 0) is 18.6 Å². The number of thiazole rings is 1. The van der Waals surface area contributed by atoms with Gasteiger partial charge in [0.15, 0.2) is 5.13 Å². The molecule has 0 fully saturated rings. The monoisotopic (exact) mass is 354 g/mol. The van der Waals surface area contributed by atoms with E-state index < -0.39 is 5.91 Å². The molecule has 0 aliphatic carbocycles. The van der Waals surface area contributed by atoms with Crippen LogP contribution in [0.5, 0.6) is 0 Å². The summed E-state index contributed by atoms with van der Waals surface area (Å²) in [5, 5.41) is 12.1. The molecule has 3 rings (SSSR count). The van der Waals surface area contributed by atoms with Crippen molar-refractivity contribution in [3.63, 3.8) is 0 Å². The molecule has 0 spiro atoms. The third-order valence-corrected chi connectivity index (χ3v) is 4.46. The molecule has 0 atom stereocenters. The van der Waals surface area contributed by atoms with E-state index in [1.54, 1.807) is 6.20 Å². The number of aromatic nitrogens is 2. The smallest absolute Gasteiger partial charge is 0.277 e. The van der Waals surface area contributed by atoms with Crippen molar-refractivity contribution in [1.29, 1.82) is 5.26 Å². The second-order valence-corrected chi connectivity index (χ2v) is 6.46. The van der Waals surface area contributed by atoms with E-state index in [2.05, 4.69) is 21.4 Å². The lowest BCUT2D eigenvalue weighted by Gasteiger charge is -2.03. The standard InChI is InChI=1S/C17H11ClN4OS/c1-10-3-2-4-12(5-10)14-9-21-17(24-14)22-16(23)15-13(18)6-11(7-19)8-20-15/h2-6,8-9H,1H3,(H,21,22,23). The zero-order valence-electron chi connectivity index (χ0n) is 12.6. The number of rotatable bonds is 3. The molecule has 0 saturated carbocycles. The van der Waals surface area contributed by atoms with Crippen LogP contribution < -0.4 is 5.32 Å². The van der Waals surface area contributed by atoms with Gasteiger partial charge in [0.05, 0.1) is 15.5 Å². The Labute approximate surface area is 147 Å². The first-order valence-corrected chi connectivity index (χ1v) is 8.16. The molecule has 0 aliphatic rings. The van der Waals surface area contributed by atoms with Crippen LogP contribution in [-0.4, -0.2) is 15.9 Å². The molecular weight excluding hydrogens is 344 g/mol. The molecule has 3 aromatic rings. The highest BCUT2D eigenvalue weighted by atomic mass is 35.5. The van der Waals surface area contributed by atoms with E-state index in [9.17, 15) is 4.79 Å². The molecule has 1 amide bonds. The Balaban J connectivity index is 1.80. The summed E-state index contributed by atoms with van der Waals surface area (Å²) in [7, 11) is 0. The van der Waals surface area contributed by atoms with Crippen LogP contribution in [-0.2, 0) is 0 Å². The van der Waals surface area contributed by atoms with Crippen LogP contribution in [0.1, 0.15) is 21.6 Å². The number of hydrogen-bond acceptors (Lipinski definition) is 5. The second-order valence-electron chi connectivity index (χ2n) is 5.02. The van der Waals surface area contributed by atoms with Crippen molar-refractivity contribution in [2.24, 2.45) is 0 Å². The first kappa shape index (κ1) is 16.1. The van der Waals surface area contributed by atoms with Crippen LogP contribution in [0.15, 0.2) is 42.7 Å². The second kappa shape index (κ2) is 6.79. The number of nitrogens with zero attached hydrogens (tertiary/aromatic N) is 3. The number of benzene rings is 1. The lowest BCUT2D eigenvalue weighted by Crippen LogP contribution is -2.14. The van der Waals surface area contributed by atoms with E-state index in [0.717, 1.165) is 16.0 Å². The zero-order chi connectivity index (χ0) is 17.1. The minimum absolute atomic E-state index is 0.0583. The Bertz CT molecular complexity index is 961. The first-order valence-electron chi connectivity index (χ1n) is 6.96. The van der Waals surface area contributed by atoms with Gasteiger partial charge in [0.25, 0.3) is 5.91 Å². The topological polar surface area (TPSA) is 78.7 Å². The van der Waals surface area contributed by atoms with Crippen LogP contribution in [0.3, 0.4) is 0 Å². The van der Waals surface area contributed by atoms with Crippen LogP contribution in [0.4, 0.5) is 5.13 Å². The summed E-state index contributed by atoms with van der Waals surface area (Å²) in [5.41, 5.74) is 2.55. The van der Waals surface area contributed by atoms with Crippen molar-refractivity contribution in [2.45, 2.75) is 6.92 Å². The predicted molar refractivity (Wildman–Crippen MR) is 94.2 cm³/mol. The quantitative estimate of drug-likeness (QED) is 0.760. The number of anilines is 1. The normalized spacial score (nSPS) is 10.2. The summed E-state index contributed by atoms with van der Waals surface area (Å²) >= 11 is 7.36. The van der Waals surface area contributed by atoms with Gasteiger partial charge >= 0.3 is 0 Å². The molecule has 0 unspecified atom stereocenters. The van der Waals surface area contributed by atoms with Crippen molar-refractivity contribution >= 4 is 34.0 Å². The highest BCUT2D eigenvalue weighted by Crippen LogP contribution is 2.29. The third kappa shape index (κ3) is 3.43. The SMILES string of the molecule is Cc1cccc(-c2cnc(NC(=O)c3ncc(C#N)cc3Cl)s2)c1. The van der Waals surface area contributed by atoms with Gasteiger partial charge in [0.1, 0.15) is 11.8 Å². The van der Waals surface area contributed by atoms with Gasteiger partial charge in [-0.2, -0.15) is 5.26 Å². The van der Waals surface area contributed by atoms with E-state index in [1.807, 2.05) is 31.2 Å². The molecule has 2 heterocycles. The van der Waals surface area contributed by atoms with Crippen LogP contribution in [0, 0.1) is 18.3 Å². The highest BCUT2D eigenvalue weighted by molar-refractivity contribution is 7.19. The zero-order valence-corrected chi connectivity index (χ0v) is 14.1. The fourth-order valence-electron chi connectivity index (χ4n) is 2.09. The summed E-state index contributed by atoms with van der Waals surface area (Å²) in [6.07, 6.45) is 3.02. The van der Waals surface area contributed by atoms with Crippen LogP contribution in [0.25, 0.3) is 10.4 Å². The van der Waals surface area contributed by atoms with Gasteiger partial charge in [-0.15, -0.1) is 0 Å². The minimum Gasteiger partial charge on any atom is -0.296 e. The number of hydrogen-bond donors (Lipinski definition) is 1. The average Bonchev–Trinajstić information content (AvgIpc) is 3.03. The maximum Gasteiger partial charge on any atom is 0.277 e. The molecule has 2 aromatic heterocycles. The number of halogens is 1. The number of nitrogens with one attached hydrogen (secondary N) is 1. The Morgan fingerprint density at radius 3 is 2.83 bits per heavy atom. The molecule has 1 aromatic carbocycles. The Hall–Kier alpha value is -2.75. The summed E-state index contributed by atoms with van der Waals surface area (Å²) in [5.74, 6) is -0.463.